The van der Waals surface area contributed by atoms with Crippen LogP contribution in [0.3, 0.4) is 0 Å². The number of likely N-dealkylation sites (tertiary alicyclic amines) is 2. The lowest BCUT2D eigenvalue weighted by Crippen LogP contribution is -2.25. The first-order valence-corrected chi connectivity index (χ1v) is 9.24. The lowest BCUT2D eigenvalue weighted by Gasteiger charge is -2.14. The highest BCUT2D eigenvalue weighted by Crippen LogP contribution is 2.12. The zero-order chi connectivity index (χ0) is 16.2. The van der Waals surface area contributed by atoms with Gasteiger partial charge in [-0.3, -0.25) is 9.59 Å². The number of carbonyl (C=O) groups is 2. The average Bonchev–Trinajstić information content (AvgIpc) is 3.12. The fourth-order valence-electron chi connectivity index (χ4n) is 3.06. The van der Waals surface area contributed by atoms with Crippen molar-refractivity contribution in [1.29, 1.82) is 0 Å². The fraction of sp³-hybridized carbons (Fsp3) is 0.889. The topological polar surface area (TPSA) is 40.6 Å². The van der Waals surface area contributed by atoms with Crippen LogP contribution in [0.15, 0.2) is 0 Å². The minimum absolute atomic E-state index is 0.326. The zero-order valence-electron chi connectivity index (χ0n) is 14.6. The van der Waals surface area contributed by atoms with E-state index in [1.165, 1.54) is 38.5 Å². The first-order valence-electron chi connectivity index (χ1n) is 9.24. The van der Waals surface area contributed by atoms with Crippen molar-refractivity contribution in [3.63, 3.8) is 0 Å². The molecule has 2 heterocycles. The van der Waals surface area contributed by atoms with Gasteiger partial charge in [-0.15, -0.1) is 0 Å². The Bertz CT molecular complexity index is 331. The highest BCUT2D eigenvalue weighted by atomic mass is 16.2. The predicted molar refractivity (Wildman–Crippen MR) is 90.7 cm³/mol. The van der Waals surface area contributed by atoms with Gasteiger partial charge in [-0.05, 0) is 26.2 Å². The van der Waals surface area contributed by atoms with Crippen LogP contribution in [0, 0.1) is 0 Å². The normalized spacial score (nSPS) is 17.9. The molecule has 0 unspecified atom stereocenters. The molecule has 0 radical (unpaired) electrons. The Morgan fingerprint density at radius 3 is 1.77 bits per heavy atom. The monoisotopic (exact) mass is 310 g/mol. The van der Waals surface area contributed by atoms with E-state index in [0.29, 0.717) is 11.8 Å². The van der Waals surface area contributed by atoms with Crippen molar-refractivity contribution >= 4 is 11.8 Å². The number of hydrogen-bond acceptors (Lipinski definition) is 2. The number of hydrogen-bond donors (Lipinski definition) is 0. The summed E-state index contributed by atoms with van der Waals surface area (Å²) in [6.07, 6.45) is 11.6. The summed E-state index contributed by atoms with van der Waals surface area (Å²) in [5, 5.41) is 0. The Labute approximate surface area is 136 Å². The molecule has 0 saturated carbocycles. The molecule has 4 heteroatoms. The van der Waals surface area contributed by atoms with Crippen LogP contribution in [0.5, 0.6) is 0 Å². The van der Waals surface area contributed by atoms with Crippen LogP contribution in [0.25, 0.3) is 0 Å². The molecule has 0 aromatic carbocycles. The van der Waals surface area contributed by atoms with Crippen LogP contribution >= 0.6 is 0 Å². The van der Waals surface area contributed by atoms with E-state index in [1.54, 1.807) is 0 Å². The van der Waals surface area contributed by atoms with Gasteiger partial charge in [-0.25, -0.2) is 0 Å². The molecule has 2 rings (SSSR count). The number of carbonyl (C=O) groups excluding carboxylic acids is 2. The molecule has 0 atom stereocenters. The van der Waals surface area contributed by atoms with Crippen molar-refractivity contribution in [3.8, 4) is 0 Å². The number of rotatable bonds is 8. The Hall–Kier alpha value is -1.06. The lowest BCUT2D eigenvalue weighted by molar-refractivity contribution is -0.128. The third-order valence-electron chi connectivity index (χ3n) is 4.51. The molecule has 2 saturated heterocycles. The minimum Gasteiger partial charge on any atom is -0.343 e. The summed E-state index contributed by atoms with van der Waals surface area (Å²) in [7, 11) is 0. The van der Waals surface area contributed by atoms with Crippen LogP contribution < -0.4 is 0 Å². The van der Waals surface area contributed by atoms with Gasteiger partial charge in [-0.1, -0.05) is 39.0 Å². The van der Waals surface area contributed by atoms with Gasteiger partial charge >= 0.3 is 0 Å². The molecule has 0 N–H and O–H groups in total. The SMILES string of the molecule is CCCCCCCCN1CCCC1=O.CCN1CCCC1=O. The van der Waals surface area contributed by atoms with Crippen molar-refractivity contribution < 1.29 is 9.59 Å². The van der Waals surface area contributed by atoms with Crippen molar-refractivity contribution in [1.82, 2.24) is 9.80 Å². The van der Waals surface area contributed by atoms with Gasteiger partial charge < -0.3 is 9.80 Å². The van der Waals surface area contributed by atoms with Gasteiger partial charge in [-0.2, -0.15) is 0 Å². The van der Waals surface area contributed by atoms with Gasteiger partial charge in [0.1, 0.15) is 0 Å². The van der Waals surface area contributed by atoms with Gasteiger partial charge in [0.2, 0.25) is 11.8 Å². The van der Waals surface area contributed by atoms with Crippen molar-refractivity contribution in [2.24, 2.45) is 0 Å². The van der Waals surface area contributed by atoms with Crippen LogP contribution in [0.2, 0.25) is 0 Å². The third-order valence-corrected chi connectivity index (χ3v) is 4.51. The Kier molecular flexibility index (Phi) is 9.93. The molecule has 0 aromatic rings. The van der Waals surface area contributed by atoms with Crippen LogP contribution in [-0.2, 0) is 9.59 Å². The van der Waals surface area contributed by atoms with Gasteiger partial charge in [0.15, 0.2) is 0 Å². The van der Waals surface area contributed by atoms with Crippen LogP contribution in [0.1, 0.15) is 78.1 Å². The predicted octanol–water partition coefficient (Wildman–Crippen LogP) is 3.60. The molecule has 4 nitrogen and oxygen atoms in total. The quantitative estimate of drug-likeness (QED) is 0.643. The van der Waals surface area contributed by atoms with Crippen LogP contribution in [0.4, 0.5) is 0 Å². The average molecular weight is 310 g/mol. The second-order valence-electron chi connectivity index (χ2n) is 6.33. The molecule has 0 spiro atoms. The van der Waals surface area contributed by atoms with E-state index in [-0.39, 0.29) is 0 Å². The van der Waals surface area contributed by atoms with Gasteiger partial charge in [0.05, 0.1) is 0 Å². The summed E-state index contributed by atoms with van der Waals surface area (Å²) in [6.45, 7) is 8.14. The Balaban J connectivity index is 0.000000255. The van der Waals surface area contributed by atoms with E-state index in [1.807, 2.05) is 16.7 Å². The largest absolute Gasteiger partial charge is 0.343 e. The summed E-state index contributed by atoms with van der Waals surface area (Å²) in [5.41, 5.74) is 0. The lowest BCUT2D eigenvalue weighted by atomic mass is 10.1. The maximum absolute atomic E-state index is 11.3. The van der Waals surface area contributed by atoms with Crippen molar-refractivity contribution in [2.75, 3.05) is 26.2 Å². The maximum Gasteiger partial charge on any atom is 0.222 e. The molecule has 2 fully saturated rings. The number of amides is 2. The van der Waals surface area contributed by atoms with Crippen molar-refractivity contribution in [2.45, 2.75) is 78.1 Å². The Morgan fingerprint density at radius 2 is 1.32 bits per heavy atom. The molecule has 22 heavy (non-hydrogen) atoms. The maximum atomic E-state index is 11.3. The van der Waals surface area contributed by atoms with E-state index in [0.717, 1.165) is 51.9 Å². The molecule has 0 aliphatic carbocycles. The van der Waals surface area contributed by atoms with Gasteiger partial charge in [0, 0.05) is 39.0 Å². The molecule has 2 amide bonds. The standard InChI is InChI=1S/C12H23NO.C6H11NO/c1-2-3-4-5-6-7-10-13-11-8-9-12(13)14;1-2-7-5-3-4-6(7)8/h2-11H2,1H3;2-5H2,1H3. The smallest absolute Gasteiger partial charge is 0.222 e. The molecule has 0 aromatic heterocycles. The molecular weight excluding hydrogens is 276 g/mol. The first-order chi connectivity index (χ1) is 10.7. The van der Waals surface area contributed by atoms with Gasteiger partial charge in [0.25, 0.3) is 0 Å². The summed E-state index contributed by atoms with van der Waals surface area (Å²) in [5.74, 6) is 0.700. The van der Waals surface area contributed by atoms with E-state index in [4.69, 9.17) is 0 Å². The zero-order valence-corrected chi connectivity index (χ0v) is 14.6. The van der Waals surface area contributed by atoms with Crippen LogP contribution in [-0.4, -0.2) is 47.8 Å². The van der Waals surface area contributed by atoms with E-state index in [9.17, 15) is 9.59 Å². The van der Waals surface area contributed by atoms with Crippen molar-refractivity contribution in [3.05, 3.63) is 0 Å². The summed E-state index contributed by atoms with van der Waals surface area (Å²) < 4.78 is 0. The second kappa shape index (κ2) is 11.5. The highest BCUT2D eigenvalue weighted by molar-refractivity contribution is 5.78. The Morgan fingerprint density at radius 1 is 0.773 bits per heavy atom. The minimum atomic E-state index is 0.326. The molecule has 128 valence electrons. The van der Waals surface area contributed by atoms with E-state index < -0.39 is 0 Å². The fourth-order valence-corrected chi connectivity index (χ4v) is 3.06. The number of unbranched alkanes of at least 4 members (excludes halogenated alkanes) is 5. The molecule has 2 aliphatic heterocycles. The summed E-state index contributed by atoms with van der Waals surface area (Å²) in [4.78, 5) is 25.9. The highest BCUT2D eigenvalue weighted by Gasteiger charge is 2.18. The molecular formula is C18H34N2O2. The first kappa shape index (κ1) is 19.0. The summed E-state index contributed by atoms with van der Waals surface area (Å²) in [6, 6.07) is 0. The van der Waals surface area contributed by atoms with E-state index in [2.05, 4.69) is 6.92 Å². The number of nitrogens with zero attached hydrogens (tertiary/aromatic N) is 2. The second-order valence-corrected chi connectivity index (χ2v) is 6.33. The third kappa shape index (κ3) is 7.28. The summed E-state index contributed by atoms with van der Waals surface area (Å²) >= 11 is 0. The van der Waals surface area contributed by atoms with E-state index >= 15 is 0 Å². The molecule has 0 bridgehead atoms. The molecule has 2 aliphatic rings.